The number of anilines is 1. The molecule has 1 unspecified atom stereocenters. The molecule has 0 spiro atoms. The fourth-order valence-corrected chi connectivity index (χ4v) is 2.42. The molecule has 2 aromatic rings. The van der Waals surface area contributed by atoms with Gasteiger partial charge in [-0.15, -0.1) is 0 Å². The van der Waals surface area contributed by atoms with Gasteiger partial charge in [-0.1, -0.05) is 0 Å². The van der Waals surface area contributed by atoms with Crippen LogP contribution in [0.2, 0.25) is 0 Å². The number of piperidine rings is 1. The van der Waals surface area contributed by atoms with Crippen molar-refractivity contribution in [3.63, 3.8) is 0 Å². The number of nitrogens with zero attached hydrogens (tertiary/aromatic N) is 4. The number of aromatic amines is 1. The topological polar surface area (TPSA) is 69.7 Å². The molecule has 0 amide bonds. The number of hydrogen-bond donors (Lipinski definition) is 2. The highest BCUT2D eigenvalue weighted by Gasteiger charge is 2.21. The zero-order valence-electron chi connectivity index (χ0n) is 10.8. The molecular weight excluding hydrogens is 240 g/mol. The molecule has 0 aromatic carbocycles. The third kappa shape index (κ3) is 3.08. The van der Waals surface area contributed by atoms with Gasteiger partial charge in [-0.3, -0.25) is 5.10 Å². The van der Waals surface area contributed by atoms with Crippen LogP contribution in [0.5, 0.6) is 0 Å². The summed E-state index contributed by atoms with van der Waals surface area (Å²) in [5.41, 5.74) is 1.12. The smallest absolute Gasteiger partial charge is 0.225 e. The Morgan fingerprint density at radius 1 is 1.32 bits per heavy atom. The SMILES string of the molecule is c1cnc(N2CCCC(NCc3ccn[nH]3)C2)nc1. The summed E-state index contributed by atoms with van der Waals surface area (Å²) in [6, 6.07) is 4.32. The van der Waals surface area contributed by atoms with Crippen LogP contribution in [0, 0.1) is 0 Å². The first kappa shape index (κ1) is 12.1. The zero-order valence-corrected chi connectivity index (χ0v) is 10.8. The van der Waals surface area contributed by atoms with E-state index >= 15 is 0 Å². The molecular formula is C13H18N6. The third-order valence-electron chi connectivity index (χ3n) is 3.40. The summed E-state index contributed by atoms with van der Waals surface area (Å²) >= 11 is 0. The Hall–Kier alpha value is -1.95. The largest absolute Gasteiger partial charge is 0.339 e. The van der Waals surface area contributed by atoms with Gasteiger partial charge in [0.25, 0.3) is 0 Å². The second-order valence-electron chi connectivity index (χ2n) is 4.80. The lowest BCUT2D eigenvalue weighted by molar-refractivity contribution is 0.416. The lowest BCUT2D eigenvalue weighted by Gasteiger charge is -2.33. The third-order valence-corrected chi connectivity index (χ3v) is 3.40. The molecule has 0 radical (unpaired) electrons. The molecule has 6 heteroatoms. The van der Waals surface area contributed by atoms with E-state index in [0.29, 0.717) is 6.04 Å². The van der Waals surface area contributed by atoms with E-state index in [4.69, 9.17) is 0 Å². The molecule has 100 valence electrons. The first-order chi connectivity index (χ1) is 9.42. The van der Waals surface area contributed by atoms with Crippen molar-refractivity contribution in [3.8, 4) is 0 Å². The van der Waals surface area contributed by atoms with Crippen LogP contribution in [0.15, 0.2) is 30.7 Å². The van der Waals surface area contributed by atoms with Crippen molar-refractivity contribution in [1.82, 2.24) is 25.5 Å². The monoisotopic (exact) mass is 258 g/mol. The van der Waals surface area contributed by atoms with Crippen molar-refractivity contribution >= 4 is 5.95 Å². The molecule has 6 nitrogen and oxygen atoms in total. The molecule has 2 N–H and O–H groups in total. The molecule has 1 aliphatic heterocycles. The summed E-state index contributed by atoms with van der Waals surface area (Å²) in [5.74, 6) is 0.829. The van der Waals surface area contributed by atoms with E-state index in [1.54, 1.807) is 18.6 Å². The Labute approximate surface area is 112 Å². The van der Waals surface area contributed by atoms with E-state index in [2.05, 4.69) is 30.4 Å². The molecule has 0 bridgehead atoms. The summed E-state index contributed by atoms with van der Waals surface area (Å²) in [6.07, 6.45) is 7.73. The summed E-state index contributed by atoms with van der Waals surface area (Å²) in [5, 5.41) is 10.5. The summed E-state index contributed by atoms with van der Waals surface area (Å²) in [4.78, 5) is 10.9. The fourth-order valence-electron chi connectivity index (χ4n) is 2.42. The second-order valence-corrected chi connectivity index (χ2v) is 4.80. The normalized spacial score (nSPS) is 19.6. The highest BCUT2D eigenvalue weighted by Crippen LogP contribution is 2.15. The second kappa shape index (κ2) is 5.79. The molecule has 0 aliphatic carbocycles. The maximum Gasteiger partial charge on any atom is 0.225 e. The van der Waals surface area contributed by atoms with Crippen LogP contribution in [0.4, 0.5) is 5.95 Å². The average Bonchev–Trinajstić information content (AvgIpc) is 3.00. The van der Waals surface area contributed by atoms with E-state index < -0.39 is 0 Å². The molecule has 0 saturated carbocycles. The summed E-state index contributed by atoms with van der Waals surface area (Å²) in [6.45, 7) is 2.82. The number of rotatable bonds is 4. The van der Waals surface area contributed by atoms with Crippen LogP contribution >= 0.6 is 0 Å². The molecule has 1 saturated heterocycles. The molecule has 3 heterocycles. The molecule has 1 fully saturated rings. The Kier molecular flexibility index (Phi) is 3.69. The van der Waals surface area contributed by atoms with Crippen LogP contribution in [0.3, 0.4) is 0 Å². The first-order valence-corrected chi connectivity index (χ1v) is 6.65. The molecule has 1 aliphatic rings. The Morgan fingerprint density at radius 2 is 2.21 bits per heavy atom. The lowest BCUT2D eigenvalue weighted by Crippen LogP contribution is -2.46. The number of hydrogen-bond acceptors (Lipinski definition) is 5. The van der Waals surface area contributed by atoms with Gasteiger partial charge in [0, 0.05) is 50.0 Å². The van der Waals surface area contributed by atoms with Gasteiger partial charge < -0.3 is 10.2 Å². The predicted octanol–water partition coefficient (Wildman–Crippen LogP) is 0.958. The van der Waals surface area contributed by atoms with Crippen LogP contribution in [0.25, 0.3) is 0 Å². The minimum atomic E-state index is 0.473. The van der Waals surface area contributed by atoms with Crippen molar-refractivity contribution < 1.29 is 0 Å². The number of H-pyrrole nitrogens is 1. The lowest BCUT2D eigenvalue weighted by atomic mass is 10.1. The average molecular weight is 258 g/mol. The van der Waals surface area contributed by atoms with Gasteiger partial charge >= 0.3 is 0 Å². The van der Waals surface area contributed by atoms with Crippen molar-refractivity contribution in [2.24, 2.45) is 0 Å². The van der Waals surface area contributed by atoms with E-state index in [9.17, 15) is 0 Å². The maximum absolute atomic E-state index is 4.32. The van der Waals surface area contributed by atoms with Gasteiger partial charge in [0.2, 0.25) is 5.95 Å². The zero-order chi connectivity index (χ0) is 12.9. The van der Waals surface area contributed by atoms with E-state index in [0.717, 1.165) is 31.3 Å². The molecule has 3 rings (SSSR count). The van der Waals surface area contributed by atoms with E-state index in [-0.39, 0.29) is 0 Å². The van der Waals surface area contributed by atoms with Crippen molar-refractivity contribution in [2.45, 2.75) is 25.4 Å². The van der Waals surface area contributed by atoms with Crippen LogP contribution < -0.4 is 10.2 Å². The highest BCUT2D eigenvalue weighted by molar-refractivity contribution is 5.29. The highest BCUT2D eigenvalue weighted by atomic mass is 15.3. The Bertz CT molecular complexity index is 483. The molecule has 1 atom stereocenters. The van der Waals surface area contributed by atoms with Gasteiger partial charge in [0.05, 0.1) is 0 Å². The summed E-state index contributed by atoms with van der Waals surface area (Å²) in [7, 11) is 0. The minimum absolute atomic E-state index is 0.473. The Morgan fingerprint density at radius 3 is 3.00 bits per heavy atom. The number of aromatic nitrogens is 4. The van der Waals surface area contributed by atoms with Gasteiger partial charge in [-0.25, -0.2) is 9.97 Å². The van der Waals surface area contributed by atoms with Crippen molar-refractivity contribution in [3.05, 3.63) is 36.4 Å². The van der Waals surface area contributed by atoms with Gasteiger partial charge in [0.15, 0.2) is 0 Å². The maximum atomic E-state index is 4.32. The predicted molar refractivity (Wildman–Crippen MR) is 72.7 cm³/mol. The van der Waals surface area contributed by atoms with Crippen molar-refractivity contribution in [1.29, 1.82) is 0 Å². The minimum Gasteiger partial charge on any atom is -0.339 e. The Balaban J connectivity index is 1.56. The van der Waals surface area contributed by atoms with Crippen LogP contribution in [0.1, 0.15) is 18.5 Å². The van der Waals surface area contributed by atoms with E-state index in [1.165, 1.54) is 12.8 Å². The quantitative estimate of drug-likeness (QED) is 0.854. The van der Waals surface area contributed by atoms with Crippen LogP contribution in [-0.2, 0) is 6.54 Å². The first-order valence-electron chi connectivity index (χ1n) is 6.65. The summed E-state index contributed by atoms with van der Waals surface area (Å²) < 4.78 is 0. The van der Waals surface area contributed by atoms with Crippen LogP contribution in [-0.4, -0.2) is 39.3 Å². The number of nitrogens with one attached hydrogen (secondary N) is 2. The molecule has 2 aromatic heterocycles. The van der Waals surface area contributed by atoms with Gasteiger partial charge in [-0.05, 0) is 25.0 Å². The van der Waals surface area contributed by atoms with Gasteiger partial charge in [-0.2, -0.15) is 5.10 Å². The van der Waals surface area contributed by atoms with E-state index in [1.807, 2.05) is 12.1 Å². The molecule has 19 heavy (non-hydrogen) atoms. The van der Waals surface area contributed by atoms with Gasteiger partial charge in [0.1, 0.15) is 0 Å². The standard InChI is InChI=1S/C13H18N6/c1-3-12(16-9-11-4-7-17-18-11)10-19(8-1)13-14-5-2-6-15-13/h2,4-7,12,16H,1,3,8-10H2,(H,17,18). The van der Waals surface area contributed by atoms with Crippen molar-refractivity contribution in [2.75, 3.05) is 18.0 Å². The fraction of sp³-hybridized carbons (Fsp3) is 0.462.